The van der Waals surface area contributed by atoms with Gasteiger partial charge in [0, 0.05) is 17.4 Å². The second kappa shape index (κ2) is 6.60. The maximum atomic E-state index is 13.3. The van der Waals surface area contributed by atoms with Gasteiger partial charge in [-0.3, -0.25) is 9.59 Å². The molecule has 1 unspecified atom stereocenters. The summed E-state index contributed by atoms with van der Waals surface area (Å²) >= 11 is 0. The summed E-state index contributed by atoms with van der Waals surface area (Å²) in [7, 11) is 0. The van der Waals surface area contributed by atoms with Crippen LogP contribution in [0.1, 0.15) is 37.5 Å². The minimum Gasteiger partial charge on any atom is -0.325 e. The standard InChI is InChI=1S/C22H26N2O2/c1-14-9-8-11-18(16(14)3)23-20(25)22(4,5)21(26)24-15(2)13-17-10-6-7-12-19(17)24/h6-12,15H,13H2,1-5H3,(H,23,25). The van der Waals surface area contributed by atoms with Gasteiger partial charge in [-0.2, -0.15) is 0 Å². The number of nitrogens with zero attached hydrogens (tertiary/aromatic N) is 1. The molecule has 1 N–H and O–H groups in total. The first-order chi connectivity index (χ1) is 12.2. The number of nitrogens with one attached hydrogen (secondary N) is 1. The highest BCUT2D eigenvalue weighted by molar-refractivity contribution is 6.15. The van der Waals surface area contributed by atoms with Crippen molar-refractivity contribution in [3.05, 3.63) is 59.2 Å². The fraction of sp³-hybridized carbons (Fsp3) is 0.364. The highest BCUT2D eigenvalue weighted by Crippen LogP contribution is 2.36. The lowest BCUT2D eigenvalue weighted by molar-refractivity contribution is -0.136. The Morgan fingerprint density at radius 3 is 2.50 bits per heavy atom. The maximum absolute atomic E-state index is 13.3. The molecule has 1 heterocycles. The van der Waals surface area contributed by atoms with Gasteiger partial charge in [-0.05, 0) is 69.9 Å². The number of amides is 2. The zero-order valence-corrected chi connectivity index (χ0v) is 16.1. The minimum absolute atomic E-state index is 0.0488. The number of hydrogen-bond donors (Lipinski definition) is 1. The zero-order chi connectivity index (χ0) is 19.1. The Morgan fingerprint density at radius 1 is 1.08 bits per heavy atom. The third-order valence-corrected chi connectivity index (χ3v) is 5.38. The van der Waals surface area contributed by atoms with Crippen LogP contribution in [0.15, 0.2) is 42.5 Å². The molecule has 3 rings (SSSR count). The van der Waals surface area contributed by atoms with Crippen LogP contribution in [-0.2, 0) is 16.0 Å². The van der Waals surface area contributed by atoms with Crippen molar-refractivity contribution in [2.45, 2.75) is 47.1 Å². The summed E-state index contributed by atoms with van der Waals surface area (Å²) in [5.41, 5.74) is 3.78. The van der Waals surface area contributed by atoms with E-state index in [2.05, 4.69) is 5.32 Å². The summed E-state index contributed by atoms with van der Waals surface area (Å²) in [6.45, 7) is 9.40. The van der Waals surface area contributed by atoms with Crippen LogP contribution in [0.4, 0.5) is 11.4 Å². The number of benzene rings is 2. The van der Waals surface area contributed by atoms with Gasteiger partial charge in [0.05, 0.1) is 0 Å². The lowest BCUT2D eigenvalue weighted by Crippen LogP contribution is -2.49. The van der Waals surface area contributed by atoms with E-state index in [9.17, 15) is 9.59 Å². The van der Waals surface area contributed by atoms with Crippen LogP contribution in [0.3, 0.4) is 0 Å². The molecule has 26 heavy (non-hydrogen) atoms. The van der Waals surface area contributed by atoms with Crippen molar-refractivity contribution in [2.24, 2.45) is 5.41 Å². The quantitative estimate of drug-likeness (QED) is 0.842. The fourth-order valence-corrected chi connectivity index (χ4v) is 3.44. The maximum Gasteiger partial charge on any atom is 0.242 e. The van der Waals surface area contributed by atoms with E-state index in [1.807, 2.05) is 63.2 Å². The van der Waals surface area contributed by atoms with Crippen molar-refractivity contribution in [3.63, 3.8) is 0 Å². The molecule has 0 aromatic heterocycles. The van der Waals surface area contributed by atoms with Crippen molar-refractivity contribution < 1.29 is 9.59 Å². The van der Waals surface area contributed by atoms with Crippen LogP contribution in [0.25, 0.3) is 0 Å². The number of para-hydroxylation sites is 1. The van der Waals surface area contributed by atoms with E-state index in [0.29, 0.717) is 0 Å². The summed E-state index contributed by atoms with van der Waals surface area (Å²) in [6, 6.07) is 13.7. The third-order valence-electron chi connectivity index (χ3n) is 5.38. The topological polar surface area (TPSA) is 49.4 Å². The van der Waals surface area contributed by atoms with E-state index >= 15 is 0 Å². The number of carbonyl (C=O) groups excluding carboxylic acids is 2. The van der Waals surface area contributed by atoms with Gasteiger partial charge in [0.15, 0.2) is 0 Å². The van der Waals surface area contributed by atoms with E-state index in [4.69, 9.17) is 0 Å². The lowest BCUT2D eigenvalue weighted by Gasteiger charge is -2.31. The summed E-state index contributed by atoms with van der Waals surface area (Å²) < 4.78 is 0. The van der Waals surface area contributed by atoms with Gasteiger partial charge in [-0.25, -0.2) is 0 Å². The molecule has 0 fully saturated rings. The smallest absolute Gasteiger partial charge is 0.242 e. The number of fused-ring (bicyclic) bond motifs is 1. The molecule has 2 amide bonds. The molecule has 0 spiro atoms. The monoisotopic (exact) mass is 350 g/mol. The molecule has 136 valence electrons. The van der Waals surface area contributed by atoms with E-state index in [0.717, 1.165) is 34.5 Å². The largest absolute Gasteiger partial charge is 0.325 e. The first-order valence-corrected chi connectivity index (χ1v) is 9.02. The summed E-state index contributed by atoms with van der Waals surface area (Å²) in [5, 5.41) is 2.95. The molecule has 0 radical (unpaired) electrons. The van der Waals surface area contributed by atoms with Gasteiger partial charge in [0.25, 0.3) is 0 Å². The molecule has 4 heteroatoms. The van der Waals surface area contributed by atoms with Crippen molar-refractivity contribution in [3.8, 4) is 0 Å². The van der Waals surface area contributed by atoms with Crippen LogP contribution in [0, 0.1) is 19.3 Å². The van der Waals surface area contributed by atoms with Crippen molar-refractivity contribution in [1.29, 1.82) is 0 Å². The van der Waals surface area contributed by atoms with Gasteiger partial charge >= 0.3 is 0 Å². The van der Waals surface area contributed by atoms with Gasteiger partial charge in [0.2, 0.25) is 11.8 Å². The van der Waals surface area contributed by atoms with Gasteiger partial charge < -0.3 is 10.2 Å². The SMILES string of the molecule is Cc1cccc(NC(=O)C(C)(C)C(=O)N2c3ccccc3CC2C)c1C. The van der Waals surface area contributed by atoms with Gasteiger partial charge in [-0.15, -0.1) is 0 Å². The van der Waals surface area contributed by atoms with E-state index in [-0.39, 0.29) is 17.9 Å². The van der Waals surface area contributed by atoms with Crippen molar-refractivity contribution in [2.75, 3.05) is 10.2 Å². The predicted molar refractivity (Wildman–Crippen MR) is 105 cm³/mol. The molecule has 0 bridgehead atoms. The average molecular weight is 350 g/mol. The molecule has 0 aliphatic carbocycles. The third kappa shape index (κ3) is 3.00. The number of hydrogen-bond acceptors (Lipinski definition) is 2. The second-order valence-electron chi connectivity index (χ2n) is 7.68. The van der Waals surface area contributed by atoms with E-state index < -0.39 is 5.41 Å². The molecule has 1 aliphatic rings. The average Bonchev–Trinajstić information content (AvgIpc) is 2.93. The van der Waals surface area contributed by atoms with E-state index in [1.165, 1.54) is 0 Å². The molecule has 4 nitrogen and oxygen atoms in total. The molecular formula is C22H26N2O2. The molecule has 1 aliphatic heterocycles. The number of aryl methyl sites for hydroxylation is 1. The Bertz CT molecular complexity index is 870. The first kappa shape index (κ1) is 18.2. The van der Waals surface area contributed by atoms with Crippen LogP contribution in [-0.4, -0.2) is 17.9 Å². The van der Waals surface area contributed by atoms with Gasteiger partial charge in [0.1, 0.15) is 5.41 Å². The van der Waals surface area contributed by atoms with E-state index in [1.54, 1.807) is 18.7 Å². The summed E-state index contributed by atoms with van der Waals surface area (Å²) in [4.78, 5) is 28.0. The Morgan fingerprint density at radius 2 is 1.77 bits per heavy atom. The van der Waals surface area contributed by atoms with Crippen LogP contribution >= 0.6 is 0 Å². The molecule has 2 aromatic carbocycles. The molecular weight excluding hydrogens is 324 g/mol. The molecule has 0 saturated heterocycles. The number of carbonyl (C=O) groups is 2. The van der Waals surface area contributed by atoms with Crippen LogP contribution in [0.5, 0.6) is 0 Å². The first-order valence-electron chi connectivity index (χ1n) is 9.02. The number of anilines is 2. The highest BCUT2D eigenvalue weighted by atomic mass is 16.2. The Labute approximate surface area is 155 Å². The van der Waals surface area contributed by atoms with Crippen molar-refractivity contribution in [1.82, 2.24) is 0 Å². The Balaban J connectivity index is 1.86. The Hall–Kier alpha value is -2.62. The predicted octanol–water partition coefficient (Wildman–Crippen LogP) is 4.25. The molecule has 0 saturated carbocycles. The summed E-state index contributed by atoms with van der Waals surface area (Å²) in [5.74, 6) is -0.453. The normalized spacial score (nSPS) is 16.3. The van der Waals surface area contributed by atoms with Crippen LogP contribution in [0.2, 0.25) is 0 Å². The van der Waals surface area contributed by atoms with Crippen LogP contribution < -0.4 is 10.2 Å². The zero-order valence-electron chi connectivity index (χ0n) is 16.1. The number of rotatable bonds is 3. The molecule has 1 atom stereocenters. The fourth-order valence-electron chi connectivity index (χ4n) is 3.44. The van der Waals surface area contributed by atoms with Crippen molar-refractivity contribution >= 4 is 23.2 Å². The van der Waals surface area contributed by atoms with Gasteiger partial charge in [-0.1, -0.05) is 30.3 Å². The minimum atomic E-state index is -1.16. The Kier molecular flexibility index (Phi) is 4.61. The highest BCUT2D eigenvalue weighted by Gasteiger charge is 2.43. The second-order valence-corrected chi connectivity index (χ2v) is 7.68. The lowest BCUT2D eigenvalue weighted by atomic mass is 9.89. The molecule has 2 aromatic rings. The summed E-state index contributed by atoms with van der Waals surface area (Å²) in [6.07, 6.45) is 0.816.